The van der Waals surface area contributed by atoms with Gasteiger partial charge < -0.3 is 5.32 Å². The number of nitrogens with zero attached hydrogens (tertiary/aromatic N) is 2. The Morgan fingerprint density at radius 3 is 3.13 bits per heavy atom. The smallest absolute Gasteiger partial charge is 0.128 e. The minimum Gasteiger partial charge on any atom is -0.313 e. The molecule has 0 bridgehead atoms. The SMILES string of the molecule is CCCc1ncc2c(n1)CCCC2NC. The number of hydrogen-bond acceptors (Lipinski definition) is 3. The van der Waals surface area contributed by atoms with Crippen molar-refractivity contribution in [2.75, 3.05) is 7.05 Å². The minimum atomic E-state index is 0.462. The van der Waals surface area contributed by atoms with Gasteiger partial charge in [-0.25, -0.2) is 9.97 Å². The molecule has 1 heterocycles. The van der Waals surface area contributed by atoms with Crippen LogP contribution in [0, 0.1) is 0 Å². The normalized spacial score (nSPS) is 20.0. The molecule has 3 heteroatoms. The molecular formula is C12H19N3. The summed E-state index contributed by atoms with van der Waals surface area (Å²) in [4.78, 5) is 9.08. The summed E-state index contributed by atoms with van der Waals surface area (Å²) in [5, 5.41) is 3.33. The lowest BCUT2D eigenvalue weighted by atomic mass is 9.92. The second-order valence-electron chi connectivity index (χ2n) is 4.17. The third-order valence-corrected chi connectivity index (χ3v) is 3.05. The molecule has 0 saturated heterocycles. The van der Waals surface area contributed by atoms with E-state index in [1.54, 1.807) is 0 Å². The van der Waals surface area contributed by atoms with E-state index in [1.807, 2.05) is 13.2 Å². The highest BCUT2D eigenvalue weighted by molar-refractivity contribution is 5.24. The number of hydrogen-bond donors (Lipinski definition) is 1. The first-order valence-electron chi connectivity index (χ1n) is 5.87. The highest BCUT2D eigenvalue weighted by atomic mass is 14.9. The average Bonchev–Trinajstić information content (AvgIpc) is 2.28. The Balaban J connectivity index is 2.27. The van der Waals surface area contributed by atoms with E-state index in [9.17, 15) is 0 Å². The van der Waals surface area contributed by atoms with Crippen molar-refractivity contribution in [2.24, 2.45) is 0 Å². The van der Waals surface area contributed by atoms with Gasteiger partial charge >= 0.3 is 0 Å². The summed E-state index contributed by atoms with van der Waals surface area (Å²) in [5.74, 6) is 1.01. The molecular weight excluding hydrogens is 186 g/mol. The first kappa shape index (κ1) is 10.6. The Kier molecular flexibility index (Phi) is 3.31. The molecule has 0 saturated carbocycles. The molecule has 1 aromatic rings. The second kappa shape index (κ2) is 4.71. The van der Waals surface area contributed by atoms with Crippen molar-refractivity contribution in [1.29, 1.82) is 0 Å². The lowest BCUT2D eigenvalue weighted by Crippen LogP contribution is -2.23. The van der Waals surface area contributed by atoms with Gasteiger partial charge in [0.05, 0.1) is 0 Å². The van der Waals surface area contributed by atoms with Crippen LogP contribution in [0.4, 0.5) is 0 Å². The first-order chi connectivity index (χ1) is 7.35. The highest BCUT2D eigenvalue weighted by Gasteiger charge is 2.20. The third-order valence-electron chi connectivity index (χ3n) is 3.05. The summed E-state index contributed by atoms with van der Waals surface area (Å²) in [6.07, 6.45) is 7.70. The molecule has 0 aliphatic heterocycles. The van der Waals surface area contributed by atoms with E-state index in [1.165, 1.54) is 24.1 Å². The van der Waals surface area contributed by atoms with E-state index in [-0.39, 0.29) is 0 Å². The van der Waals surface area contributed by atoms with Gasteiger partial charge in [0.25, 0.3) is 0 Å². The van der Waals surface area contributed by atoms with Gasteiger partial charge in [0.2, 0.25) is 0 Å². The Morgan fingerprint density at radius 1 is 1.53 bits per heavy atom. The Hall–Kier alpha value is -0.960. The van der Waals surface area contributed by atoms with E-state index in [4.69, 9.17) is 0 Å². The van der Waals surface area contributed by atoms with Crippen LogP contribution in [-0.2, 0) is 12.8 Å². The van der Waals surface area contributed by atoms with Crippen molar-refractivity contribution in [3.8, 4) is 0 Å². The van der Waals surface area contributed by atoms with Crippen LogP contribution >= 0.6 is 0 Å². The molecule has 1 N–H and O–H groups in total. The zero-order valence-corrected chi connectivity index (χ0v) is 9.58. The molecule has 2 rings (SSSR count). The number of aryl methyl sites for hydroxylation is 2. The van der Waals surface area contributed by atoms with Crippen molar-refractivity contribution in [2.45, 2.75) is 45.1 Å². The van der Waals surface area contributed by atoms with Crippen molar-refractivity contribution in [3.05, 3.63) is 23.3 Å². The zero-order chi connectivity index (χ0) is 10.7. The monoisotopic (exact) mass is 205 g/mol. The second-order valence-corrected chi connectivity index (χ2v) is 4.17. The van der Waals surface area contributed by atoms with Crippen molar-refractivity contribution < 1.29 is 0 Å². The maximum Gasteiger partial charge on any atom is 0.128 e. The number of aromatic nitrogens is 2. The van der Waals surface area contributed by atoms with Crippen molar-refractivity contribution in [1.82, 2.24) is 15.3 Å². The molecule has 15 heavy (non-hydrogen) atoms. The van der Waals surface area contributed by atoms with Gasteiger partial charge in [0, 0.05) is 29.9 Å². The number of rotatable bonds is 3. The van der Waals surface area contributed by atoms with E-state index < -0.39 is 0 Å². The fourth-order valence-corrected chi connectivity index (χ4v) is 2.23. The van der Waals surface area contributed by atoms with Gasteiger partial charge in [0.15, 0.2) is 0 Å². The lowest BCUT2D eigenvalue weighted by Gasteiger charge is -2.24. The quantitative estimate of drug-likeness (QED) is 0.820. The van der Waals surface area contributed by atoms with Crippen molar-refractivity contribution >= 4 is 0 Å². The van der Waals surface area contributed by atoms with E-state index in [2.05, 4.69) is 22.2 Å². The Labute approximate surface area is 91.3 Å². The van der Waals surface area contributed by atoms with Gasteiger partial charge in [-0.3, -0.25) is 0 Å². The fourth-order valence-electron chi connectivity index (χ4n) is 2.23. The molecule has 1 aliphatic carbocycles. The van der Waals surface area contributed by atoms with E-state index >= 15 is 0 Å². The molecule has 1 aliphatic rings. The minimum absolute atomic E-state index is 0.462. The third kappa shape index (κ3) is 2.17. The van der Waals surface area contributed by atoms with Gasteiger partial charge in [0.1, 0.15) is 5.82 Å². The summed E-state index contributed by atoms with van der Waals surface area (Å²) >= 11 is 0. The predicted molar refractivity (Wildman–Crippen MR) is 60.8 cm³/mol. The topological polar surface area (TPSA) is 37.8 Å². The number of nitrogens with one attached hydrogen (secondary N) is 1. The van der Waals surface area contributed by atoms with Crippen LogP contribution in [0.2, 0.25) is 0 Å². The predicted octanol–water partition coefficient (Wildman–Crippen LogP) is 2.03. The largest absolute Gasteiger partial charge is 0.313 e. The molecule has 0 amide bonds. The van der Waals surface area contributed by atoms with Gasteiger partial charge in [-0.15, -0.1) is 0 Å². The van der Waals surface area contributed by atoms with Crippen LogP contribution in [0.25, 0.3) is 0 Å². The molecule has 0 spiro atoms. The molecule has 0 radical (unpaired) electrons. The van der Waals surface area contributed by atoms with Crippen LogP contribution in [0.3, 0.4) is 0 Å². The van der Waals surface area contributed by atoms with Crippen LogP contribution in [0.5, 0.6) is 0 Å². The summed E-state index contributed by atoms with van der Waals surface area (Å²) in [7, 11) is 2.01. The zero-order valence-electron chi connectivity index (χ0n) is 9.58. The number of fused-ring (bicyclic) bond motifs is 1. The van der Waals surface area contributed by atoms with Gasteiger partial charge in [-0.2, -0.15) is 0 Å². The molecule has 0 fully saturated rings. The molecule has 1 unspecified atom stereocenters. The maximum absolute atomic E-state index is 4.65. The molecule has 0 aromatic carbocycles. The summed E-state index contributed by atoms with van der Waals surface area (Å²) in [5.41, 5.74) is 2.57. The van der Waals surface area contributed by atoms with Crippen LogP contribution in [0.15, 0.2) is 6.20 Å². The van der Waals surface area contributed by atoms with Gasteiger partial charge in [-0.05, 0) is 32.7 Å². The Morgan fingerprint density at radius 2 is 2.40 bits per heavy atom. The Bertz CT molecular complexity index is 336. The van der Waals surface area contributed by atoms with Crippen LogP contribution in [0.1, 0.15) is 49.3 Å². The van der Waals surface area contributed by atoms with Crippen LogP contribution in [-0.4, -0.2) is 17.0 Å². The fraction of sp³-hybridized carbons (Fsp3) is 0.667. The average molecular weight is 205 g/mol. The highest BCUT2D eigenvalue weighted by Crippen LogP contribution is 2.27. The first-order valence-corrected chi connectivity index (χ1v) is 5.87. The van der Waals surface area contributed by atoms with Crippen LogP contribution < -0.4 is 5.32 Å². The van der Waals surface area contributed by atoms with E-state index in [0.29, 0.717) is 6.04 Å². The maximum atomic E-state index is 4.65. The summed E-state index contributed by atoms with van der Waals surface area (Å²) in [6, 6.07) is 0.462. The standard InChI is InChI=1S/C12H19N3/c1-3-5-12-14-8-9-10(13-2)6-4-7-11(9)15-12/h8,10,13H,3-7H2,1-2H3. The summed E-state index contributed by atoms with van der Waals surface area (Å²) in [6.45, 7) is 2.17. The molecule has 1 atom stereocenters. The van der Waals surface area contributed by atoms with Crippen molar-refractivity contribution in [3.63, 3.8) is 0 Å². The lowest BCUT2D eigenvalue weighted by molar-refractivity contribution is 0.485. The van der Waals surface area contributed by atoms with Gasteiger partial charge in [-0.1, -0.05) is 6.92 Å². The molecule has 3 nitrogen and oxygen atoms in total. The molecule has 82 valence electrons. The summed E-state index contributed by atoms with van der Waals surface area (Å²) < 4.78 is 0. The molecule has 1 aromatic heterocycles. The van der Waals surface area contributed by atoms with E-state index in [0.717, 1.165) is 25.1 Å².